The SMILES string of the molecule is CCOC(=O)c1ccc(N2CCCN(C(=O)Nc3ccccc3N(C)c3ccccc3)CC2)nc1. The lowest BCUT2D eigenvalue weighted by Crippen LogP contribution is -2.38. The number of benzene rings is 2. The molecule has 0 atom stereocenters. The highest BCUT2D eigenvalue weighted by Gasteiger charge is 2.21. The third-order valence-electron chi connectivity index (χ3n) is 6.02. The molecule has 8 heteroatoms. The van der Waals surface area contributed by atoms with Crippen LogP contribution in [0.2, 0.25) is 0 Å². The van der Waals surface area contributed by atoms with Gasteiger partial charge >= 0.3 is 12.0 Å². The molecule has 8 nitrogen and oxygen atoms in total. The first-order chi connectivity index (χ1) is 17.1. The van der Waals surface area contributed by atoms with Crippen LogP contribution in [-0.4, -0.2) is 61.7 Å². The van der Waals surface area contributed by atoms with E-state index in [0.29, 0.717) is 31.8 Å². The average molecular weight is 474 g/mol. The number of rotatable bonds is 6. The molecule has 182 valence electrons. The highest BCUT2D eigenvalue weighted by Crippen LogP contribution is 2.30. The summed E-state index contributed by atoms with van der Waals surface area (Å²) in [5, 5.41) is 3.10. The van der Waals surface area contributed by atoms with E-state index >= 15 is 0 Å². The number of amides is 2. The Bertz CT molecular complexity index is 1140. The lowest BCUT2D eigenvalue weighted by atomic mass is 10.2. The Morgan fingerprint density at radius 2 is 1.74 bits per heavy atom. The van der Waals surface area contributed by atoms with Gasteiger partial charge < -0.3 is 24.8 Å². The quantitative estimate of drug-likeness (QED) is 0.520. The molecule has 1 fully saturated rings. The first-order valence-electron chi connectivity index (χ1n) is 11.9. The Kier molecular flexibility index (Phi) is 7.82. The van der Waals surface area contributed by atoms with Crippen LogP contribution >= 0.6 is 0 Å². The van der Waals surface area contributed by atoms with E-state index in [0.717, 1.165) is 35.8 Å². The van der Waals surface area contributed by atoms with Gasteiger partial charge in [0.25, 0.3) is 0 Å². The number of carbonyl (C=O) groups is 2. The maximum absolute atomic E-state index is 13.2. The fourth-order valence-electron chi connectivity index (χ4n) is 4.11. The predicted octanol–water partition coefficient (Wildman–Crippen LogP) is 4.77. The Morgan fingerprint density at radius 3 is 2.49 bits per heavy atom. The number of carbonyl (C=O) groups excluding carboxylic acids is 2. The smallest absolute Gasteiger partial charge is 0.339 e. The molecule has 2 amide bonds. The summed E-state index contributed by atoms with van der Waals surface area (Å²) in [6, 6.07) is 21.3. The largest absolute Gasteiger partial charge is 0.462 e. The lowest BCUT2D eigenvalue weighted by Gasteiger charge is -2.26. The van der Waals surface area contributed by atoms with Gasteiger partial charge in [0.15, 0.2) is 0 Å². The lowest BCUT2D eigenvalue weighted by molar-refractivity contribution is 0.0526. The second-order valence-electron chi connectivity index (χ2n) is 8.30. The summed E-state index contributed by atoms with van der Waals surface area (Å²) >= 11 is 0. The van der Waals surface area contributed by atoms with Crippen molar-refractivity contribution in [3.63, 3.8) is 0 Å². The summed E-state index contributed by atoms with van der Waals surface area (Å²) in [6.45, 7) is 4.77. The molecule has 1 aliphatic rings. The molecule has 0 radical (unpaired) electrons. The molecule has 35 heavy (non-hydrogen) atoms. The van der Waals surface area contributed by atoms with E-state index in [-0.39, 0.29) is 12.0 Å². The van der Waals surface area contributed by atoms with E-state index in [1.54, 1.807) is 19.2 Å². The van der Waals surface area contributed by atoms with Crippen LogP contribution in [0.1, 0.15) is 23.7 Å². The first kappa shape index (κ1) is 24.1. The van der Waals surface area contributed by atoms with E-state index < -0.39 is 0 Å². The molecule has 1 aliphatic heterocycles. The summed E-state index contributed by atoms with van der Waals surface area (Å²) in [7, 11) is 1.99. The summed E-state index contributed by atoms with van der Waals surface area (Å²) in [6.07, 6.45) is 2.36. The van der Waals surface area contributed by atoms with Crippen LogP contribution < -0.4 is 15.1 Å². The van der Waals surface area contributed by atoms with Gasteiger partial charge in [0.1, 0.15) is 5.82 Å². The Hall–Kier alpha value is -4.07. The summed E-state index contributed by atoms with van der Waals surface area (Å²) in [5.41, 5.74) is 3.17. The summed E-state index contributed by atoms with van der Waals surface area (Å²) in [4.78, 5) is 35.5. The van der Waals surface area contributed by atoms with Crippen molar-refractivity contribution in [2.75, 3.05) is 55.0 Å². The number of aromatic nitrogens is 1. The van der Waals surface area contributed by atoms with E-state index in [1.165, 1.54) is 0 Å². The topological polar surface area (TPSA) is 78.0 Å². The zero-order valence-electron chi connectivity index (χ0n) is 20.2. The number of pyridine rings is 1. The van der Waals surface area contributed by atoms with E-state index in [4.69, 9.17) is 4.74 Å². The number of anilines is 4. The van der Waals surface area contributed by atoms with Gasteiger partial charge in [0.2, 0.25) is 0 Å². The number of hydrogen-bond donors (Lipinski definition) is 1. The fraction of sp³-hybridized carbons (Fsp3) is 0.296. The zero-order chi connectivity index (χ0) is 24.6. The number of nitrogens with zero attached hydrogens (tertiary/aromatic N) is 4. The van der Waals surface area contributed by atoms with Crippen molar-refractivity contribution in [2.24, 2.45) is 0 Å². The van der Waals surface area contributed by atoms with E-state index in [9.17, 15) is 9.59 Å². The predicted molar refractivity (Wildman–Crippen MR) is 139 cm³/mol. The molecule has 0 spiro atoms. The standard InChI is InChI=1S/C27H31N5O3/c1-3-35-26(33)21-14-15-25(28-20-21)31-16-9-17-32(19-18-31)27(34)29-23-12-7-8-13-24(23)30(2)22-10-5-4-6-11-22/h4-8,10-15,20H,3,9,16-19H2,1-2H3,(H,29,34). The Labute approximate surface area is 206 Å². The monoisotopic (exact) mass is 473 g/mol. The molecule has 2 aromatic carbocycles. The van der Waals surface area contributed by atoms with Crippen molar-refractivity contribution >= 4 is 34.9 Å². The van der Waals surface area contributed by atoms with Gasteiger partial charge in [-0.15, -0.1) is 0 Å². The van der Waals surface area contributed by atoms with Crippen molar-refractivity contribution in [3.8, 4) is 0 Å². The van der Waals surface area contributed by atoms with Gasteiger partial charge in [-0.3, -0.25) is 0 Å². The highest BCUT2D eigenvalue weighted by molar-refractivity contribution is 5.94. The van der Waals surface area contributed by atoms with Gasteiger partial charge in [0.05, 0.1) is 23.5 Å². The zero-order valence-corrected chi connectivity index (χ0v) is 20.2. The second-order valence-corrected chi connectivity index (χ2v) is 8.30. The minimum absolute atomic E-state index is 0.119. The molecule has 1 aromatic heterocycles. The van der Waals surface area contributed by atoms with Gasteiger partial charge in [-0.2, -0.15) is 0 Å². The third-order valence-corrected chi connectivity index (χ3v) is 6.02. The van der Waals surface area contributed by atoms with Crippen molar-refractivity contribution < 1.29 is 14.3 Å². The van der Waals surface area contributed by atoms with Crippen LogP contribution in [0.25, 0.3) is 0 Å². The van der Waals surface area contributed by atoms with E-state index in [2.05, 4.69) is 20.1 Å². The van der Waals surface area contributed by atoms with Gasteiger partial charge in [0, 0.05) is 45.1 Å². The molecule has 3 aromatic rings. The molecule has 2 heterocycles. The second kappa shape index (κ2) is 11.4. The molecule has 1 N–H and O–H groups in total. The number of ether oxygens (including phenoxy) is 1. The Balaban J connectivity index is 1.39. The van der Waals surface area contributed by atoms with Gasteiger partial charge in [-0.25, -0.2) is 14.6 Å². The molecule has 0 saturated carbocycles. The molecule has 1 saturated heterocycles. The number of para-hydroxylation sites is 3. The van der Waals surface area contributed by atoms with Crippen LogP contribution in [0.15, 0.2) is 72.9 Å². The van der Waals surface area contributed by atoms with Gasteiger partial charge in [-0.1, -0.05) is 30.3 Å². The molecule has 0 bridgehead atoms. The number of hydrogen-bond acceptors (Lipinski definition) is 6. The molecular formula is C27H31N5O3. The first-order valence-corrected chi connectivity index (χ1v) is 11.9. The normalized spacial score (nSPS) is 13.7. The molecule has 4 rings (SSSR count). The Morgan fingerprint density at radius 1 is 0.971 bits per heavy atom. The number of urea groups is 1. The van der Waals surface area contributed by atoms with Crippen LogP contribution in [-0.2, 0) is 4.74 Å². The van der Waals surface area contributed by atoms with E-state index in [1.807, 2.05) is 72.6 Å². The van der Waals surface area contributed by atoms with Crippen LogP contribution in [0.3, 0.4) is 0 Å². The minimum atomic E-state index is -0.372. The van der Waals surface area contributed by atoms with Crippen molar-refractivity contribution in [1.29, 1.82) is 0 Å². The summed E-state index contributed by atoms with van der Waals surface area (Å²) in [5.74, 6) is 0.415. The highest BCUT2D eigenvalue weighted by atomic mass is 16.5. The molecule has 0 unspecified atom stereocenters. The molecule has 0 aliphatic carbocycles. The van der Waals surface area contributed by atoms with Crippen LogP contribution in [0, 0.1) is 0 Å². The maximum atomic E-state index is 13.2. The number of esters is 1. The van der Waals surface area contributed by atoms with Crippen LogP contribution in [0.4, 0.5) is 27.7 Å². The van der Waals surface area contributed by atoms with Crippen molar-refractivity contribution in [1.82, 2.24) is 9.88 Å². The summed E-state index contributed by atoms with van der Waals surface area (Å²) < 4.78 is 5.02. The fourth-order valence-corrected chi connectivity index (χ4v) is 4.11. The van der Waals surface area contributed by atoms with Crippen molar-refractivity contribution in [2.45, 2.75) is 13.3 Å². The minimum Gasteiger partial charge on any atom is -0.462 e. The van der Waals surface area contributed by atoms with Crippen molar-refractivity contribution in [3.05, 3.63) is 78.5 Å². The maximum Gasteiger partial charge on any atom is 0.339 e. The molecular weight excluding hydrogens is 442 g/mol. The van der Waals surface area contributed by atoms with Gasteiger partial charge in [-0.05, 0) is 49.7 Å². The third kappa shape index (κ3) is 5.90. The van der Waals surface area contributed by atoms with Crippen LogP contribution in [0.5, 0.6) is 0 Å². The number of nitrogens with one attached hydrogen (secondary N) is 1. The average Bonchev–Trinajstić information content (AvgIpc) is 3.16.